The molecule has 1 aliphatic heterocycles. The van der Waals surface area contributed by atoms with Crippen molar-refractivity contribution in [2.24, 2.45) is 0 Å². The molecule has 174 valence electrons. The number of carbonyl (C=O) groups is 1. The van der Waals surface area contributed by atoms with Crippen LogP contribution in [0.15, 0.2) is 41.3 Å². The van der Waals surface area contributed by atoms with E-state index in [9.17, 15) is 13.2 Å². The first kappa shape index (κ1) is 24.3. The van der Waals surface area contributed by atoms with E-state index in [0.29, 0.717) is 18.8 Å². The smallest absolute Gasteiger partial charge is 0.258 e. The first-order valence-electron chi connectivity index (χ1n) is 11.3. The molecule has 1 aliphatic rings. The van der Waals surface area contributed by atoms with Crippen molar-refractivity contribution in [3.63, 3.8) is 0 Å². The van der Waals surface area contributed by atoms with Crippen LogP contribution in [0.1, 0.15) is 60.9 Å². The van der Waals surface area contributed by atoms with Crippen molar-refractivity contribution in [1.82, 2.24) is 9.62 Å². The van der Waals surface area contributed by atoms with Gasteiger partial charge in [0.25, 0.3) is 5.91 Å². The zero-order chi connectivity index (χ0) is 23.3. The minimum Gasteiger partial charge on any atom is -0.484 e. The summed E-state index contributed by atoms with van der Waals surface area (Å²) in [6, 6.07) is 10.4. The summed E-state index contributed by atoms with van der Waals surface area (Å²) in [4.78, 5) is 12.6. The van der Waals surface area contributed by atoms with Crippen molar-refractivity contribution in [3.05, 3.63) is 58.7 Å². The lowest BCUT2D eigenvalue weighted by molar-refractivity contribution is -0.123. The molecule has 1 unspecified atom stereocenters. The number of hydrogen-bond donors (Lipinski definition) is 1. The Morgan fingerprint density at radius 1 is 0.969 bits per heavy atom. The van der Waals surface area contributed by atoms with Gasteiger partial charge in [-0.05, 0) is 87.1 Å². The Morgan fingerprint density at radius 2 is 1.56 bits per heavy atom. The Morgan fingerprint density at radius 3 is 2.19 bits per heavy atom. The van der Waals surface area contributed by atoms with Gasteiger partial charge in [-0.1, -0.05) is 25.0 Å². The molecule has 6 nitrogen and oxygen atoms in total. The molecule has 0 radical (unpaired) electrons. The summed E-state index contributed by atoms with van der Waals surface area (Å²) in [5.41, 5.74) is 4.65. The zero-order valence-electron chi connectivity index (χ0n) is 19.5. The minimum atomic E-state index is -3.49. The highest BCUT2D eigenvalue weighted by Crippen LogP contribution is 2.23. The van der Waals surface area contributed by atoms with Crippen molar-refractivity contribution in [3.8, 4) is 5.75 Å². The molecular weight excluding hydrogens is 424 g/mol. The van der Waals surface area contributed by atoms with Gasteiger partial charge in [0.05, 0.1) is 10.9 Å². The lowest BCUT2D eigenvalue weighted by Crippen LogP contribution is -2.32. The van der Waals surface area contributed by atoms with Crippen molar-refractivity contribution in [2.75, 3.05) is 19.7 Å². The molecule has 0 saturated carbocycles. The van der Waals surface area contributed by atoms with E-state index in [1.165, 1.54) is 11.1 Å². The molecule has 3 rings (SSSR count). The fraction of sp³-hybridized carbons (Fsp3) is 0.480. The first-order valence-corrected chi connectivity index (χ1v) is 12.7. The van der Waals surface area contributed by atoms with Crippen LogP contribution in [0, 0.1) is 20.8 Å². The van der Waals surface area contributed by atoms with E-state index in [0.717, 1.165) is 36.8 Å². The lowest BCUT2D eigenvalue weighted by atomic mass is 9.96. The van der Waals surface area contributed by atoms with Crippen LogP contribution >= 0.6 is 0 Å². The molecule has 1 atom stereocenters. The van der Waals surface area contributed by atoms with Crippen LogP contribution in [0.25, 0.3) is 0 Å². The highest BCUT2D eigenvalue weighted by Gasteiger charge is 2.25. The molecule has 32 heavy (non-hydrogen) atoms. The number of amides is 1. The maximum atomic E-state index is 12.9. The predicted octanol–water partition coefficient (Wildman–Crippen LogP) is 4.43. The van der Waals surface area contributed by atoms with Crippen molar-refractivity contribution in [2.45, 2.75) is 64.3 Å². The van der Waals surface area contributed by atoms with E-state index in [1.807, 2.05) is 13.8 Å². The summed E-state index contributed by atoms with van der Waals surface area (Å²) in [5, 5.41) is 2.97. The van der Waals surface area contributed by atoms with E-state index in [2.05, 4.69) is 31.3 Å². The molecule has 7 heteroatoms. The second-order valence-corrected chi connectivity index (χ2v) is 10.6. The summed E-state index contributed by atoms with van der Waals surface area (Å²) in [6.07, 6.45) is 3.94. The highest BCUT2D eigenvalue weighted by molar-refractivity contribution is 7.89. The standard InChI is InChI=1S/C25H34N2O4S/c1-18-15-20(3)24(16-19(18)2)21(4)26-25(28)17-31-22-9-11-23(12-10-22)32(29,30)27-13-7-5-6-8-14-27/h9-12,15-16,21H,5-8,13-14,17H2,1-4H3,(H,26,28). The van der Waals surface area contributed by atoms with Gasteiger partial charge in [-0.25, -0.2) is 8.42 Å². The molecule has 1 amide bonds. The largest absolute Gasteiger partial charge is 0.484 e. The third kappa shape index (κ3) is 5.90. The monoisotopic (exact) mass is 458 g/mol. The van der Waals surface area contributed by atoms with Crippen molar-refractivity contribution < 1.29 is 17.9 Å². The van der Waals surface area contributed by atoms with Crippen LogP contribution in [-0.4, -0.2) is 38.3 Å². The molecule has 1 N–H and O–H groups in total. The van der Waals surface area contributed by atoms with E-state index >= 15 is 0 Å². The maximum Gasteiger partial charge on any atom is 0.258 e. The molecule has 1 saturated heterocycles. The fourth-order valence-electron chi connectivity index (χ4n) is 4.10. The van der Waals surface area contributed by atoms with Crippen LogP contribution in [0.5, 0.6) is 5.75 Å². The number of sulfonamides is 1. The van der Waals surface area contributed by atoms with Crippen LogP contribution < -0.4 is 10.1 Å². The Kier molecular flexibility index (Phi) is 7.96. The lowest BCUT2D eigenvalue weighted by Gasteiger charge is -2.20. The number of hydrogen-bond acceptors (Lipinski definition) is 4. The van der Waals surface area contributed by atoms with E-state index in [-0.39, 0.29) is 23.5 Å². The number of nitrogens with one attached hydrogen (secondary N) is 1. The van der Waals surface area contributed by atoms with Crippen LogP contribution in [-0.2, 0) is 14.8 Å². The molecule has 0 bridgehead atoms. The van der Waals surface area contributed by atoms with Gasteiger partial charge in [0.15, 0.2) is 6.61 Å². The second kappa shape index (κ2) is 10.5. The number of ether oxygens (including phenoxy) is 1. The minimum absolute atomic E-state index is 0.132. The molecule has 1 fully saturated rings. The normalized spacial score (nSPS) is 16.2. The Balaban J connectivity index is 1.57. The molecule has 0 spiro atoms. The molecule has 0 aromatic heterocycles. The number of aryl methyl sites for hydroxylation is 3. The average Bonchev–Trinajstić information content (AvgIpc) is 3.05. The van der Waals surface area contributed by atoms with Gasteiger partial charge < -0.3 is 10.1 Å². The summed E-state index contributed by atoms with van der Waals surface area (Å²) < 4.78 is 32.9. The fourth-order valence-corrected chi connectivity index (χ4v) is 5.62. The van der Waals surface area contributed by atoms with Crippen molar-refractivity contribution in [1.29, 1.82) is 0 Å². The molecular formula is C25H34N2O4S. The summed E-state index contributed by atoms with van der Waals surface area (Å²) in [6.45, 7) is 9.14. The number of benzene rings is 2. The quantitative estimate of drug-likeness (QED) is 0.666. The molecule has 2 aromatic rings. The predicted molar refractivity (Wildman–Crippen MR) is 126 cm³/mol. The number of carbonyl (C=O) groups excluding carboxylic acids is 1. The third-order valence-corrected chi connectivity index (χ3v) is 8.04. The average molecular weight is 459 g/mol. The summed E-state index contributed by atoms with van der Waals surface area (Å²) in [5.74, 6) is 0.237. The molecule has 2 aromatic carbocycles. The van der Waals surface area contributed by atoms with Gasteiger partial charge in [0.1, 0.15) is 5.75 Å². The van der Waals surface area contributed by atoms with Gasteiger partial charge in [-0.3, -0.25) is 4.79 Å². The Labute approximate surface area is 192 Å². The van der Waals surface area contributed by atoms with Crippen LogP contribution in [0.4, 0.5) is 0 Å². The van der Waals surface area contributed by atoms with Gasteiger partial charge in [0, 0.05) is 13.1 Å². The van der Waals surface area contributed by atoms with Gasteiger partial charge in [-0.15, -0.1) is 0 Å². The number of nitrogens with zero attached hydrogens (tertiary/aromatic N) is 1. The first-order chi connectivity index (χ1) is 15.2. The SMILES string of the molecule is Cc1cc(C)c(C(C)NC(=O)COc2ccc(S(=O)(=O)N3CCCCCC3)cc2)cc1C. The van der Waals surface area contributed by atoms with E-state index in [1.54, 1.807) is 28.6 Å². The van der Waals surface area contributed by atoms with Gasteiger partial charge >= 0.3 is 0 Å². The summed E-state index contributed by atoms with van der Waals surface area (Å²) >= 11 is 0. The number of rotatable bonds is 7. The van der Waals surface area contributed by atoms with E-state index in [4.69, 9.17) is 4.74 Å². The Bertz CT molecular complexity index is 1040. The van der Waals surface area contributed by atoms with E-state index < -0.39 is 10.0 Å². The summed E-state index contributed by atoms with van der Waals surface area (Å²) in [7, 11) is -3.49. The molecule has 1 heterocycles. The third-order valence-electron chi connectivity index (χ3n) is 6.12. The topological polar surface area (TPSA) is 75.7 Å². The van der Waals surface area contributed by atoms with Crippen LogP contribution in [0.2, 0.25) is 0 Å². The maximum absolute atomic E-state index is 12.9. The van der Waals surface area contributed by atoms with Gasteiger partial charge in [0.2, 0.25) is 10.0 Å². The van der Waals surface area contributed by atoms with Gasteiger partial charge in [-0.2, -0.15) is 4.31 Å². The van der Waals surface area contributed by atoms with Crippen molar-refractivity contribution >= 4 is 15.9 Å². The Hall–Kier alpha value is -2.38. The zero-order valence-corrected chi connectivity index (χ0v) is 20.3. The van der Waals surface area contributed by atoms with Crippen LogP contribution in [0.3, 0.4) is 0 Å². The highest BCUT2D eigenvalue weighted by atomic mass is 32.2. The second-order valence-electron chi connectivity index (χ2n) is 8.66. The molecule has 0 aliphatic carbocycles.